The Hall–Kier alpha value is -0.390. The molecule has 1 aromatic carbocycles. The minimum absolute atomic E-state index is 0. The monoisotopic (exact) mass is 258 g/mol. The largest absolute Gasteiger partial charge is 1.00 e. The molecule has 0 aliphatic carbocycles. The van der Waals surface area contributed by atoms with E-state index in [0.29, 0.717) is 12.2 Å². The molecule has 1 N–H and O–H groups in total. The van der Waals surface area contributed by atoms with Crippen molar-refractivity contribution in [2.75, 3.05) is 6.61 Å². The van der Waals surface area contributed by atoms with Crippen molar-refractivity contribution in [3.8, 4) is 0 Å². The Morgan fingerprint density at radius 3 is 2.72 bits per heavy atom. The van der Waals surface area contributed by atoms with Crippen molar-refractivity contribution >= 4 is 5.97 Å². The van der Waals surface area contributed by atoms with Gasteiger partial charge in [0.25, 0.3) is 0 Å². The molecule has 0 bridgehead atoms. The van der Waals surface area contributed by atoms with Crippen molar-refractivity contribution in [1.82, 2.24) is 0 Å². The molecule has 2 atom stereocenters. The maximum atomic E-state index is 10.7. The van der Waals surface area contributed by atoms with Crippen LogP contribution in [0.15, 0.2) is 24.3 Å². The number of ether oxygens (including phenoxy) is 1. The zero-order valence-electron chi connectivity index (χ0n) is 10.5. The van der Waals surface area contributed by atoms with Gasteiger partial charge in [-0.15, -0.1) is 0 Å². The third kappa shape index (κ3) is 3.56. The molecule has 0 amide bonds. The van der Waals surface area contributed by atoms with Crippen LogP contribution in [0.25, 0.3) is 0 Å². The van der Waals surface area contributed by atoms with Crippen LogP contribution < -0.4 is 34.7 Å². The fourth-order valence-corrected chi connectivity index (χ4v) is 2.17. The van der Waals surface area contributed by atoms with Gasteiger partial charge in [0.15, 0.2) is 0 Å². The summed E-state index contributed by atoms with van der Waals surface area (Å²) in [6.45, 7) is 0.681. The van der Waals surface area contributed by atoms with E-state index in [9.17, 15) is 15.0 Å². The first-order valence-corrected chi connectivity index (χ1v) is 5.79. The number of aliphatic carboxylic acids is 1. The Bertz CT molecular complexity index is 402. The van der Waals surface area contributed by atoms with Gasteiger partial charge in [0.1, 0.15) is 6.10 Å². The summed E-state index contributed by atoms with van der Waals surface area (Å²) in [5.41, 5.74) is 1.13. The van der Waals surface area contributed by atoms with Crippen molar-refractivity contribution in [2.24, 2.45) is 0 Å². The van der Waals surface area contributed by atoms with Crippen LogP contribution >= 0.6 is 0 Å². The third-order valence-electron chi connectivity index (χ3n) is 3.04. The number of carboxylic acid groups (broad SMARTS) is 1. The molecule has 92 valence electrons. The van der Waals surface area contributed by atoms with E-state index in [-0.39, 0.29) is 35.7 Å². The SMILES string of the molecule is O=C([O-])C(O)c1ccccc1C1CCCCO1.[Na+]. The van der Waals surface area contributed by atoms with Crippen molar-refractivity contribution < 1.29 is 49.3 Å². The summed E-state index contributed by atoms with van der Waals surface area (Å²) in [5.74, 6) is -1.48. The van der Waals surface area contributed by atoms with Crippen LogP contribution in [0.1, 0.15) is 42.6 Å². The number of carboxylic acids is 1. The summed E-state index contributed by atoms with van der Waals surface area (Å²) < 4.78 is 5.61. The van der Waals surface area contributed by atoms with Crippen LogP contribution in [0, 0.1) is 0 Å². The average Bonchev–Trinajstić information content (AvgIpc) is 2.39. The van der Waals surface area contributed by atoms with Crippen LogP contribution in [-0.2, 0) is 9.53 Å². The van der Waals surface area contributed by atoms with Gasteiger partial charge >= 0.3 is 29.6 Å². The van der Waals surface area contributed by atoms with E-state index < -0.39 is 12.1 Å². The molecular weight excluding hydrogens is 243 g/mol. The van der Waals surface area contributed by atoms with E-state index in [1.165, 1.54) is 0 Å². The summed E-state index contributed by atoms with van der Waals surface area (Å²) in [5, 5.41) is 20.3. The van der Waals surface area contributed by atoms with E-state index in [1.807, 2.05) is 6.07 Å². The molecule has 5 heteroatoms. The first-order chi connectivity index (χ1) is 8.20. The molecule has 0 saturated carbocycles. The Labute approximate surface area is 128 Å². The summed E-state index contributed by atoms with van der Waals surface area (Å²) >= 11 is 0. The molecule has 1 heterocycles. The molecule has 0 aromatic heterocycles. The predicted molar refractivity (Wildman–Crippen MR) is 59.0 cm³/mol. The van der Waals surface area contributed by atoms with Gasteiger partial charge in [-0.2, -0.15) is 0 Å². The Morgan fingerprint density at radius 1 is 1.39 bits per heavy atom. The molecule has 1 saturated heterocycles. The summed E-state index contributed by atoms with van der Waals surface area (Å²) in [6.07, 6.45) is 1.24. The first kappa shape index (κ1) is 15.7. The minimum atomic E-state index is -1.59. The number of carbonyl (C=O) groups excluding carboxylic acids is 1. The normalized spacial score (nSPS) is 20.8. The van der Waals surface area contributed by atoms with Gasteiger partial charge in [-0.1, -0.05) is 24.3 Å². The molecule has 2 rings (SSSR count). The second-order valence-corrected chi connectivity index (χ2v) is 4.21. The number of hydrogen-bond acceptors (Lipinski definition) is 4. The zero-order chi connectivity index (χ0) is 12.3. The molecule has 2 unspecified atom stereocenters. The first-order valence-electron chi connectivity index (χ1n) is 5.79. The van der Waals surface area contributed by atoms with E-state index in [4.69, 9.17) is 4.74 Å². The van der Waals surface area contributed by atoms with Crippen molar-refractivity contribution in [1.29, 1.82) is 0 Å². The molecule has 4 nitrogen and oxygen atoms in total. The van der Waals surface area contributed by atoms with Crippen molar-refractivity contribution in [2.45, 2.75) is 31.5 Å². The maximum absolute atomic E-state index is 10.7. The fraction of sp³-hybridized carbons (Fsp3) is 0.462. The fourth-order valence-electron chi connectivity index (χ4n) is 2.17. The number of hydrogen-bond donors (Lipinski definition) is 1. The quantitative estimate of drug-likeness (QED) is 0.620. The number of benzene rings is 1. The van der Waals surface area contributed by atoms with Crippen LogP contribution in [0.3, 0.4) is 0 Å². The maximum Gasteiger partial charge on any atom is 1.00 e. The molecule has 18 heavy (non-hydrogen) atoms. The molecular formula is C13H15NaO4. The summed E-state index contributed by atoms with van der Waals surface area (Å²) in [7, 11) is 0. The second kappa shape index (κ2) is 7.26. The standard InChI is InChI=1S/C13H16O4.Na/c14-12(13(15)16)10-6-2-1-5-9(10)11-7-3-4-8-17-11;/h1-2,5-6,11-12,14H,3-4,7-8H2,(H,15,16);/q;+1/p-1. The Balaban J connectivity index is 0.00000162. The van der Waals surface area contributed by atoms with Gasteiger partial charge in [-0.25, -0.2) is 0 Å². The topological polar surface area (TPSA) is 69.6 Å². The molecule has 1 fully saturated rings. The van der Waals surface area contributed by atoms with Crippen LogP contribution in [-0.4, -0.2) is 17.7 Å². The number of aliphatic hydroxyl groups excluding tert-OH is 1. The van der Waals surface area contributed by atoms with Crippen molar-refractivity contribution in [3.63, 3.8) is 0 Å². The summed E-state index contributed by atoms with van der Waals surface area (Å²) in [6, 6.07) is 6.93. The third-order valence-corrected chi connectivity index (χ3v) is 3.04. The molecule has 1 aromatic rings. The van der Waals surface area contributed by atoms with Crippen LogP contribution in [0.5, 0.6) is 0 Å². The van der Waals surface area contributed by atoms with Crippen LogP contribution in [0.2, 0.25) is 0 Å². The Kier molecular flexibility index (Phi) is 6.32. The van der Waals surface area contributed by atoms with Gasteiger partial charge in [-0.3, -0.25) is 0 Å². The van der Waals surface area contributed by atoms with E-state index in [0.717, 1.165) is 24.8 Å². The minimum Gasteiger partial charge on any atom is -0.547 e. The van der Waals surface area contributed by atoms with E-state index in [2.05, 4.69) is 0 Å². The molecule has 0 radical (unpaired) electrons. The van der Waals surface area contributed by atoms with Gasteiger partial charge in [-0.05, 0) is 30.4 Å². The van der Waals surface area contributed by atoms with Crippen molar-refractivity contribution in [3.05, 3.63) is 35.4 Å². The smallest absolute Gasteiger partial charge is 0.547 e. The predicted octanol–water partition coefficient (Wildman–Crippen LogP) is -2.28. The number of carbonyl (C=O) groups is 1. The molecule has 1 aliphatic rings. The van der Waals surface area contributed by atoms with E-state index in [1.54, 1.807) is 18.2 Å². The van der Waals surface area contributed by atoms with Gasteiger partial charge in [0, 0.05) is 6.61 Å². The van der Waals surface area contributed by atoms with Crippen LogP contribution in [0.4, 0.5) is 0 Å². The van der Waals surface area contributed by atoms with Gasteiger partial charge < -0.3 is 19.7 Å². The zero-order valence-corrected chi connectivity index (χ0v) is 12.5. The van der Waals surface area contributed by atoms with E-state index >= 15 is 0 Å². The molecule has 0 spiro atoms. The molecule has 1 aliphatic heterocycles. The Morgan fingerprint density at radius 2 is 2.11 bits per heavy atom. The average molecular weight is 258 g/mol. The number of rotatable bonds is 3. The van der Waals surface area contributed by atoms with Gasteiger partial charge in [0.05, 0.1) is 12.1 Å². The number of aliphatic hydroxyl groups is 1. The summed E-state index contributed by atoms with van der Waals surface area (Å²) in [4.78, 5) is 10.7. The van der Waals surface area contributed by atoms with Gasteiger partial charge in [0.2, 0.25) is 0 Å². The second-order valence-electron chi connectivity index (χ2n) is 4.21.